The van der Waals surface area contributed by atoms with Gasteiger partial charge in [0.1, 0.15) is 0 Å². The molecule has 3 heterocycles. The Labute approximate surface area is 172 Å². The fraction of sp³-hybridized carbons (Fsp3) is 0.217. The van der Waals surface area contributed by atoms with Gasteiger partial charge in [0.25, 0.3) is 5.56 Å². The Balaban J connectivity index is 1.95. The largest absolute Gasteiger partial charge is 0.395 e. The van der Waals surface area contributed by atoms with Gasteiger partial charge in [0.05, 0.1) is 23.2 Å². The van der Waals surface area contributed by atoms with Gasteiger partial charge in [-0.3, -0.25) is 14.0 Å². The van der Waals surface area contributed by atoms with Crippen LogP contribution in [0.2, 0.25) is 0 Å². The number of likely N-dealkylation sites (N-methyl/N-ethyl adjacent to an activating group) is 1. The van der Waals surface area contributed by atoms with E-state index in [4.69, 9.17) is 0 Å². The first-order valence-corrected chi connectivity index (χ1v) is 10.5. The minimum atomic E-state index is -0.0968. The number of hydrogen-bond acceptors (Lipinski definition) is 4. The standard InChI is InChI=1S/C23H22N2O3S/c1-2-24(11-12-26)20(27)15-18-14-19(16-6-4-3-5-7-16)23(28)25-10-8-17-9-13-29-22(17)21(18)25/h3-10,13-14,26H,2,11-12,15H2,1H3. The molecule has 1 N–H and O–H groups in total. The fourth-order valence-electron chi connectivity index (χ4n) is 3.70. The summed E-state index contributed by atoms with van der Waals surface area (Å²) < 4.78 is 2.66. The number of fused-ring (bicyclic) bond motifs is 3. The van der Waals surface area contributed by atoms with Crippen LogP contribution in [0.5, 0.6) is 0 Å². The first-order valence-electron chi connectivity index (χ1n) is 9.62. The van der Waals surface area contributed by atoms with E-state index in [0.717, 1.165) is 26.7 Å². The highest BCUT2D eigenvalue weighted by molar-refractivity contribution is 7.18. The van der Waals surface area contributed by atoms with Crippen LogP contribution in [0, 0.1) is 0 Å². The van der Waals surface area contributed by atoms with E-state index >= 15 is 0 Å². The van der Waals surface area contributed by atoms with E-state index in [1.807, 2.05) is 60.8 Å². The molecule has 0 aliphatic carbocycles. The summed E-state index contributed by atoms with van der Waals surface area (Å²) in [5.41, 5.74) is 2.91. The number of hydrogen-bond donors (Lipinski definition) is 1. The van der Waals surface area contributed by atoms with Crippen LogP contribution in [0.25, 0.3) is 26.7 Å². The van der Waals surface area contributed by atoms with Crippen LogP contribution in [0.1, 0.15) is 12.5 Å². The van der Waals surface area contributed by atoms with Gasteiger partial charge in [-0.2, -0.15) is 0 Å². The van der Waals surface area contributed by atoms with Crippen LogP contribution in [-0.2, 0) is 11.2 Å². The van der Waals surface area contributed by atoms with Crippen molar-refractivity contribution in [3.63, 3.8) is 0 Å². The third-order valence-corrected chi connectivity index (χ3v) is 6.09. The Bertz CT molecular complexity index is 1230. The molecule has 0 radical (unpaired) electrons. The Morgan fingerprint density at radius 2 is 1.97 bits per heavy atom. The zero-order valence-electron chi connectivity index (χ0n) is 16.2. The van der Waals surface area contributed by atoms with Gasteiger partial charge in [0, 0.05) is 24.8 Å². The predicted molar refractivity (Wildman–Crippen MR) is 118 cm³/mol. The number of benzene rings is 1. The summed E-state index contributed by atoms with van der Waals surface area (Å²) in [6.45, 7) is 2.66. The lowest BCUT2D eigenvalue weighted by atomic mass is 10.0. The van der Waals surface area contributed by atoms with E-state index in [9.17, 15) is 14.7 Å². The molecule has 1 amide bonds. The molecule has 4 aromatic rings. The normalized spacial score (nSPS) is 11.2. The molecule has 6 heteroatoms. The van der Waals surface area contributed by atoms with Crippen LogP contribution in [-0.4, -0.2) is 40.0 Å². The lowest BCUT2D eigenvalue weighted by Crippen LogP contribution is -2.34. The second kappa shape index (κ2) is 8.19. The number of aliphatic hydroxyl groups is 1. The van der Waals surface area contributed by atoms with Gasteiger partial charge in [0.15, 0.2) is 0 Å². The van der Waals surface area contributed by atoms with Crippen molar-refractivity contribution in [1.29, 1.82) is 0 Å². The van der Waals surface area contributed by atoms with Crippen LogP contribution in [0.4, 0.5) is 0 Å². The van der Waals surface area contributed by atoms with E-state index in [1.54, 1.807) is 26.8 Å². The zero-order valence-corrected chi connectivity index (χ0v) is 17.0. The van der Waals surface area contributed by atoms with Crippen molar-refractivity contribution >= 4 is 32.8 Å². The monoisotopic (exact) mass is 406 g/mol. The van der Waals surface area contributed by atoms with Gasteiger partial charge in [-0.15, -0.1) is 11.3 Å². The highest BCUT2D eigenvalue weighted by Gasteiger charge is 2.19. The van der Waals surface area contributed by atoms with Crippen molar-refractivity contribution in [2.24, 2.45) is 0 Å². The quantitative estimate of drug-likeness (QED) is 0.533. The Hall–Kier alpha value is -2.96. The van der Waals surface area contributed by atoms with Crippen molar-refractivity contribution < 1.29 is 9.90 Å². The molecular weight excluding hydrogens is 384 g/mol. The minimum Gasteiger partial charge on any atom is -0.395 e. The lowest BCUT2D eigenvalue weighted by Gasteiger charge is -2.20. The number of rotatable bonds is 6. The molecule has 1 aromatic carbocycles. The number of nitrogens with zero attached hydrogens (tertiary/aromatic N) is 2. The second-order valence-corrected chi connectivity index (χ2v) is 7.78. The molecule has 0 spiro atoms. The second-order valence-electron chi connectivity index (χ2n) is 6.87. The molecule has 4 rings (SSSR count). The maximum absolute atomic E-state index is 13.3. The predicted octanol–water partition coefficient (Wildman–Crippen LogP) is 3.56. The maximum Gasteiger partial charge on any atom is 0.263 e. The third kappa shape index (κ3) is 3.57. The molecule has 0 saturated carbocycles. The van der Waals surface area contributed by atoms with Gasteiger partial charge >= 0.3 is 0 Å². The van der Waals surface area contributed by atoms with Gasteiger partial charge in [-0.25, -0.2) is 0 Å². The number of carbonyl (C=O) groups is 1. The van der Waals surface area contributed by atoms with Crippen LogP contribution < -0.4 is 5.56 Å². The number of pyridine rings is 2. The molecule has 0 aliphatic heterocycles. The molecule has 148 valence electrons. The molecule has 0 atom stereocenters. The smallest absolute Gasteiger partial charge is 0.263 e. The van der Waals surface area contributed by atoms with Crippen molar-refractivity contribution in [2.75, 3.05) is 19.7 Å². The van der Waals surface area contributed by atoms with E-state index in [2.05, 4.69) is 0 Å². The third-order valence-electron chi connectivity index (χ3n) is 5.16. The Kier molecular flexibility index (Phi) is 5.47. The van der Waals surface area contributed by atoms with Crippen molar-refractivity contribution in [3.05, 3.63) is 76.0 Å². The maximum atomic E-state index is 13.3. The van der Waals surface area contributed by atoms with Crippen LogP contribution in [0.15, 0.2) is 64.9 Å². The van der Waals surface area contributed by atoms with Gasteiger partial charge < -0.3 is 10.0 Å². The highest BCUT2D eigenvalue weighted by Crippen LogP contribution is 2.29. The van der Waals surface area contributed by atoms with E-state index in [-0.39, 0.29) is 24.5 Å². The van der Waals surface area contributed by atoms with E-state index in [1.165, 1.54) is 0 Å². The van der Waals surface area contributed by atoms with Crippen molar-refractivity contribution in [1.82, 2.24) is 9.30 Å². The first-order chi connectivity index (χ1) is 14.1. The molecule has 0 unspecified atom stereocenters. The van der Waals surface area contributed by atoms with E-state index < -0.39 is 0 Å². The average Bonchev–Trinajstić information content (AvgIpc) is 3.23. The summed E-state index contributed by atoms with van der Waals surface area (Å²) in [5.74, 6) is -0.0605. The lowest BCUT2D eigenvalue weighted by molar-refractivity contribution is -0.130. The molecule has 5 nitrogen and oxygen atoms in total. The number of aliphatic hydroxyl groups excluding tert-OH is 1. The minimum absolute atomic E-state index is 0.0605. The number of amides is 1. The topological polar surface area (TPSA) is 62.0 Å². The molecule has 0 bridgehead atoms. The summed E-state index contributed by atoms with van der Waals surface area (Å²) in [4.78, 5) is 27.8. The number of aromatic nitrogens is 1. The van der Waals surface area contributed by atoms with Crippen molar-refractivity contribution in [2.45, 2.75) is 13.3 Å². The SMILES string of the molecule is CCN(CCO)C(=O)Cc1cc(-c2ccccc2)c(=O)n2ccc3ccsc3c12. The van der Waals surface area contributed by atoms with Gasteiger partial charge in [-0.1, -0.05) is 30.3 Å². The Morgan fingerprint density at radius 1 is 1.17 bits per heavy atom. The van der Waals surface area contributed by atoms with E-state index in [0.29, 0.717) is 18.7 Å². The Morgan fingerprint density at radius 3 is 2.69 bits per heavy atom. The molecule has 0 aliphatic rings. The van der Waals surface area contributed by atoms with Gasteiger partial charge in [-0.05, 0) is 47.0 Å². The highest BCUT2D eigenvalue weighted by atomic mass is 32.1. The number of thiophene rings is 1. The first kappa shape index (κ1) is 19.4. The summed E-state index contributed by atoms with van der Waals surface area (Å²) in [5, 5.41) is 12.3. The molecule has 29 heavy (non-hydrogen) atoms. The number of carbonyl (C=O) groups excluding carboxylic acids is 1. The summed E-state index contributed by atoms with van der Waals surface area (Å²) >= 11 is 1.57. The fourth-order valence-corrected chi connectivity index (χ4v) is 4.66. The van der Waals surface area contributed by atoms with Crippen molar-refractivity contribution in [3.8, 4) is 11.1 Å². The summed E-state index contributed by atoms with van der Waals surface area (Å²) in [7, 11) is 0. The molecule has 0 saturated heterocycles. The van der Waals surface area contributed by atoms with Gasteiger partial charge in [0.2, 0.25) is 5.91 Å². The summed E-state index contributed by atoms with van der Waals surface area (Å²) in [6.07, 6.45) is 1.97. The van der Waals surface area contributed by atoms with Crippen LogP contribution in [0.3, 0.4) is 0 Å². The molecule has 3 aromatic heterocycles. The average molecular weight is 407 g/mol. The molecule has 0 fully saturated rings. The zero-order chi connectivity index (χ0) is 20.4. The summed E-state index contributed by atoms with van der Waals surface area (Å²) in [6, 6.07) is 15.3. The molecular formula is C23H22N2O3S. The van der Waals surface area contributed by atoms with Crippen LogP contribution >= 0.6 is 11.3 Å².